The van der Waals surface area contributed by atoms with Gasteiger partial charge in [-0.15, -0.1) is 0 Å². The van der Waals surface area contributed by atoms with Crippen LogP contribution in [0.1, 0.15) is 12.8 Å². The second-order valence-corrected chi connectivity index (χ2v) is 4.00. The molecule has 82 valence electrons. The minimum atomic E-state index is -0.263. The van der Waals surface area contributed by atoms with Gasteiger partial charge in [-0.25, -0.2) is 0 Å². The normalized spacial score (nSPS) is 20.7. The minimum absolute atomic E-state index is 0.157. The Kier molecular flexibility index (Phi) is 2.88. The molecule has 0 saturated carbocycles. The smallest absolute Gasteiger partial charge is 0.253 e. The molecule has 2 rings (SSSR count). The molecule has 1 aliphatic rings. The summed E-state index contributed by atoms with van der Waals surface area (Å²) in [6.45, 7) is 1.41. The van der Waals surface area contributed by atoms with Crippen LogP contribution in [0.15, 0.2) is 10.9 Å². The largest absolute Gasteiger partial charge is 0.385 e. The van der Waals surface area contributed by atoms with Gasteiger partial charge in [0.15, 0.2) is 4.77 Å². The molecule has 0 radical (unpaired) electrons. The van der Waals surface area contributed by atoms with Crippen molar-refractivity contribution in [3.8, 4) is 0 Å². The first-order valence-electron chi connectivity index (χ1n) is 4.88. The summed E-state index contributed by atoms with van der Waals surface area (Å²) in [5, 5.41) is 0. The third-order valence-corrected chi connectivity index (χ3v) is 2.80. The first-order chi connectivity index (χ1) is 7.16. The number of nitrogens with zero attached hydrogens (tertiary/aromatic N) is 1. The summed E-state index contributed by atoms with van der Waals surface area (Å²) < 4.78 is 7.54. The Morgan fingerprint density at radius 2 is 2.53 bits per heavy atom. The van der Waals surface area contributed by atoms with Crippen LogP contribution in [0.25, 0.3) is 0 Å². The lowest BCUT2D eigenvalue weighted by atomic mass is 10.2. The fourth-order valence-corrected chi connectivity index (χ4v) is 2.00. The lowest BCUT2D eigenvalue weighted by molar-refractivity contribution is 0.0968. The number of H-pyrrole nitrogens is 1. The third kappa shape index (κ3) is 2.27. The van der Waals surface area contributed by atoms with E-state index < -0.39 is 0 Å². The average Bonchev–Trinajstić information content (AvgIpc) is 2.63. The molecular weight excluding hydrogens is 214 g/mol. The van der Waals surface area contributed by atoms with Crippen molar-refractivity contribution in [2.45, 2.75) is 25.5 Å². The highest BCUT2D eigenvalue weighted by atomic mass is 32.1. The molecule has 6 heteroatoms. The molecule has 0 aromatic carbocycles. The minimum Gasteiger partial charge on any atom is -0.385 e. The molecule has 0 spiro atoms. The van der Waals surface area contributed by atoms with E-state index in [1.807, 2.05) is 0 Å². The number of rotatable bonds is 2. The molecule has 0 unspecified atom stereocenters. The molecule has 3 N–H and O–H groups in total. The number of nitrogens with two attached hydrogens (primary N) is 1. The van der Waals surface area contributed by atoms with Gasteiger partial charge in [-0.2, -0.15) is 0 Å². The Morgan fingerprint density at radius 1 is 1.73 bits per heavy atom. The standard InChI is InChI=1S/C9H13N3O2S/c10-7-4-8(13)11-9(15)12(7)5-6-2-1-3-14-6/h4,6H,1-3,5,10H2,(H,11,13,15)/t6-/m0/s1. The van der Waals surface area contributed by atoms with Crippen LogP contribution in [0, 0.1) is 4.77 Å². The number of aromatic amines is 1. The molecule has 1 fully saturated rings. The molecule has 0 bridgehead atoms. The summed E-state index contributed by atoms with van der Waals surface area (Å²) in [6.07, 6.45) is 2.24. The SMILES string of the molecule is Nc1cc(=O)[nH]c(=S)n1C[C@@H]1CCCO1. The van der Waals surface area contributed by atoms with Gasteiger partial charge in [0.25, 0.3) is 5.56 Å². The maximum atomic E-state index is 11.1. The van der Waals surface area contributed by atoms with E-state index in [0.717, 1.165) is 19.4 Å². The van der Waals surface area contributed by atoms with Crippen LogP contribution in [0.3, 0.4) is 0 Å². The van der Waals surface area contributed by atoms with E-state index in [1.54, 1.807) is 4.57 Å². The molecular formula is C9H13N3O2S. The maximum Gasteiger partial charge on any atom is 0.253 e. The van der Waals surface area contributed by atoms with Crippen molar-refractivity contribution in [2.75, 3.05) is 12.3 Å². The second-order valence-electron chi connectivity index (χ2n) is 3.61. The van der Waals surface area contributed by atoms with Gasteiger partial charge in [0.05, 0.1) is 12.6 Å². The summed E-state index contributed by atoms with van der Waals surface area (Å²) in [7, 11) is 0. The van der Waals surface area contributed by atoms with Gasteiger partial charge >= 0.3 is 0 Å². The van der Waals surface area contributed by atoms with Crippen LogP contribution in [0.5, 0.6) is 0 Å². The van der Waals surface area contributed by atoms with Gasteiger partial charge in [0, 0.05) is 12.7 Å². The van der Waals surface area contributed by atoms with E-state index in [9.17, 15) is 4.79 Å². The number of hydrogen-bond donors (Lipinski definition) is 2. The van der Waals surface area contributed by atoms with Crippen molar-refractivity contribution < 1.29 is 4.74 Å². The molecule has 0 amide bonds. The summed E-state index contributed by atoms with van der Waals surface area (Å²) in [5.41, 5.74) is 5.46. The Hall–Kier alpha value is -1.14. The fourth-order valence-electron chi connectivity index (χ4n) is 1.72. The lowest BCUT2D eigenvalue weighted by Crippen LogP contribution is -2.22. The predicted octanol–water partition coefficient (Wildman–Crippen LogP) is 0.667. The van der Waals surface area contributed by atoms with Crippen molar-refractivity contribution in [2.24, 2.45) is 0 Å². The summed E-state index contributed by atoms with van der Waals surface area (Å²) in [4.78, 5) is 13.6. The number of anilines is 1. The molecule has 1 aliphatic heterocycles. The number of hydrogen-bond acceptors (Lipinski definition) is 4. The number of nitrogen functional groups attached to an aromatic ring is 1. The van der Waals surface area contributed by atoms with Crippen molar-refractivity contribution in [1.29, 1.82) is 0 Å². The maximum absolute atomic E-state index is 11.1. The second kappa shape index (κ2) is 4.16. The van der Waals surface area contributed by atoms with E-state index in [1.165, 1.54) is 6.07 Å². The molecule has 1 saturated heterocycles. The first-order valence-corrected chi connectivity index (χ1v) is 5.29. The van der Waals surface area contributed by atoms with Gasteiger partial charge in [0.2, 0.25) is 0 Å². The first kappa shape index (κ1) is 10.4. The highest BCUT2D eigenvalue weighted by Crippen LogP contribution is 2.15. The monoisotopic (exact) mass is 227 g/mol. The zero-order valence-electron chi connectivity index (χ0n) is 8.23. The highest BCUT2D eigenvalue weighted by Gasteiger charge is 2.16. The molecule has 0 aliphatic carbocycles. The summed E-state index contributed by atoms with van der Waals surface area (Å²) in [5.74, 6) is 0.388. The predicted molar refractivity (Wildman–Crippen MR) is 59.3 cm³/mol. The van der Waals surface area contributed by atoms with E-state index >= 15 is 0 Å². The number of aromatic nitrogens is 2. The number of ether oxygens (including phenoxy) is 1. The molecule has 1 aromatic heterocycles. The third-order valence-electron chi connectivity index (χ3n) is 2.48. The highest BCUT2D eigenvalue weighted by molar-refractivity contribution is 7.71. The van der Waals surface area contributed by atoms with E-state index in [-0.39, 0.29) is 11.7 Å². The molecule has 1 aromatic rings. The zero-order valence-corrected chi connectivity index (χ0v) is 9.05. The quantitative estimate of drug-likeness (QED) is 0.728. The van der Waals surface area contributed by atoms with Gasteiger partial charge in [-0.05, 0) is 25.1 Å². The average molecular weight is 227 g/mol. The Labute approximate surface area is 91.9 Å². The molecule has 15 heavy (non-hydrogen) atoms. The van der Waals surface area contributed by atoms with Crippen molar-refractivity contribution in [3.05, 3.63) is 21.2 Å². The topological polar surface area (TPSA) is 73.0 Å². The van der Waals surface area contributed by atoms with Crippen LogP contribution in [-0.4, -0.2) is 22.3 Å². The van der Waals surface area contributed by atoms with Gasteiger partial charge in [-0.3, -0.25) is 9.78 Å². The van der Waals surface area contributed by atoms with Gasteiger partial charge in [0.1, 0.15) is 5.82 Å². The van der Waals surface area contributed by atoms with Gasteiger partial charge < -0.3 is 15.0 Å². The summed E-state index contributed by atoms with van der Waals surface area (Å²) >= 11 is 5.03. The van der Waals surface area contributed by atoms with Crippen LogP contribution in [0.2, 0.25) is 0 Å². The fraction of sp³-hybridized carbons (Fsp3) is 0.556. The van der Waals surface area contributed by atoms with E-state index in [0.29, 0.717) is 17.1 Å². The molecule has 1 atom stereocenters. The number of nitrogens with one attached hydrogen (secondary N) is 1. The zero-order chi connectivity index (χ0) is 10.8. The lowest BCUT2D eigenvalue weighted by Gasteiger charge is -2.14. The van der Waals surface area contributed by atoms with Crippen LogP contribution in [-0.2, 0) is 11.3 Å². The molecule has 5 nitrogen and oxygen atoms in total. The van der Waals surface area contributed by atoms with E-state index in [4.69, 9.17) is 22.7 Å². The molecule has 2 heterocycles. The van der Waals surface area contributed by atoms with Crippen LogP contribution >= 0.6 is 12.2 Å². The van der Waals surface area contributed by atoms with Crippen molar-refractivity contribution >= 4 is 18.0 Å². The van der Waals surface area contributed by atoms with Gasteiger partial charge in [-0.1, -0.05) is 0 Å². The van der Waals surface area contributed by atoms with E-state index in [2.05, 4.69) is 4.98 Å². The Balaban J connectivity index is 2.27. The van der Waals surface area contributed by atoms with Crippen molar-refractivity contribution in [3.63, 3.8) is 0 Å². The Morgan fingerprint density at radius 3 is 3.13 bits per heavy atom. The van der Waals surface area contributed by atoms with Crippen molar-refractivity contribution in [1.82, 2.24) is 9.55 Å². The van der Waals surface area contributed by atoms with Crippen LogP contribution in [0.4, 0.5) is 5.82 Å². The summed E-state index contributed by atoms with van der Waals surface area (Å²) in [6, 6.07) is 1.34. The Bertz CT molecular complexity index is 459. The van der Waals surface area contributed by atoms with Crippen LogP contribution < -0.4 is 11.3 Å².